The molecule has 0 radical (unpaired) electrons. The van der Waals surface area contributed by atoms with Gasteiger partial charge in [0.2, 0.25) is 0 Å². The largest absolute Gasteiger partial charge is 0.496 e. The maximum atomic E-state index is 13.3. The van der Waals surface area contributed by atoms with Crippen molar-refractivity contribution in [2.45, 2.75) is 0 Å². The van der Waals surface area contributed by atoms with E-state index in [1.54, 1.807) is 7.11 Å². The van der Waals surface area contributed by atoms with E-state index in [4.69, 9.17) is 4.74 Å². The summed E-state index contributed by atoms with van der Waals surface area (Å²) in [6.07, 6.45) is 0. The normalized spacial score (nSPS) is 11.4. The number of ether oxygens (including phenoxy) is 1. The summed E-state index contributed by atoms with van der Waals surface area (Å²) >= 11 is 0. The van der Waals surface area contributed by atoms with Gasteiger partial charge >= 0.3 is 0 Å². The molecule has 26 heavy (non-hydrogen) atoms. The Balaban J connectivity index is 1.94. The van der Waals surface area contributed by atoms with Gasteiger partial charge in [-0.1, -0.05) is 72.8 Å². The summed E-state index contributed by atoms with van der Waals surface area (Å²) in [5.74, 6) is 0.602. The van der Waals surface area contributed by atoms with Gasteiger partial charge in [-0.25, -0.2) is 0 Å². The van der Waals surface area contributed by atoms with Crippen molar-refractivity contribution >= 4 is 38.1 Å². The van der Waals surface area contributed by atoms with E-state index in [1.807, 2.05) is 42.5 Å². The smallest absolute Gasteiger partial charge is 0.197 e. The fourth-order valence-electron chi connectivity index (χ4n) is 3.91. The molecule has 0 amide bonds. The minimum Gasteiger partial charge on any atom is -0.496 e. The number of benzene rings is 5. The molecule has 0 atom stereocenters. The topological polar surface area (TPSA) is 26.3 Å². The highest BCUT2D eigenvalue weighted by molar-refractivity contribution is 6.29. The van der Waals surface area contributed by atoms with Crippen LogP contribution in [-0.2, 0) is 0 Å². The molecule has 0 N–H and O–H groups in total. The number of carbonyl (C=O) groups is 1. The quantitative estimate of drug-likeness (QED) is 0.306. The fraction of sp³-hybridized carbons (Fsp3) is 0.0417. The summed E-state index contributed by atoms with van der Waals surface area (Å²) in [7, 11) is 1.62. The standard InChI is InChI=1S/C24H16O2/c1-26-20-14-18-11-10-15-8-5-9-16-12-13-19(22(18)21(15)16)23(20)24(25)17-6-3-2-4-7-17/h2-14H,1H3. The molecule has 0 aliphatic rings. The Bertz CT molecular complexity index is 1250. The number of rotatable bonds is 3. The van der Waals surface area contributed by atoms with Crippen molar-refractivity contribution in [1.29, 1.82) is 0 Å². The minimum absolute atomic E-state index is 0.0135. The van der Waals surface area contributed by atoms with Crippen LogP contribution >= 0.6 is 0 Å². The molecule has 5 aromatic rings. The van der Waals surface area contributed by atoms with Crippen LogP contribution in [0.3, 0.4) is 0 Å². The summed E-state index contributed by atoms with van der Waals surface area (Å²) in [5.41, 5.74) is 1.30. The Morgan fingerprint density at radius 2 is 1.42 bits per heavy atom. The summed E-state index contributed by atoms with van der Waals surface area (Å²) in [6.45, 7) is 0. The number of methoxy groups -OCH3 is 1. The zero-order chi connectivity index (χ0) is 17.7. The Morgan fingerprint density at radius 1 is 0.731 bits per heavy atom. The molecule has 0 saturated carbocycles. The van der Waals surface area contributed by atoms with Gasteiger partial charge in [0.05, 0.1) is 12.7 Å². The van der Waals surface area contributed by atoms with Crippen molar-refractivity contribution in [2.24, 2.45) is 0 Å². The average molecular weight is 336 g/mol. The number of hydrogen-bond acceptors (Lipinski definition) is 2. The lowest BCUT2D eigenvalue weighted by atomic mass is 9.89. The molecule has 0 aliphatic heterocycles. The van der Waals surface area contributed by atoms with Crippen molar-refractivity contribution in [3.8, 4) is 5.75 Å². The molecule has 0 saturated heterocycles. The predicted octanol–water partition coefficient (Wildman–Crippen LogP) is 5.82. The molecule has 0 heterocycles. The lowest BCUT2D eigenvalue weighted by Gasteiger charge is -2.16. The predicted molar refractivity (Wildman–Crippen MR) is 107 cm³/mol. The summed E-state index contributed by atoms with van der Waals surface area (Å²) in [6, 6.07) is 26.0. The Hall–Kier alpha value is -3.39. The van der Waals surface area contributed by atoms with Gasteiger partial charge in [-0.05, 0) is 38.4 Å². The first-order chi connectivity index (χ1) is 12.8. The third kappa shape index (κ3) is 2.02. The molecule has 5 aromatic carbocycles. The van der Waals surface area contributed by atoms with Crippen LogP contribution in [0.15, 0.2) is 78.9 Å². The number of hydrogen-bond donors (Lipinski definition) is 0. The summed E-state index contributed by atoms with van der Waals surface area (Å²) < 4.78 is 5.62. The average Bonchev–Trinajstić information content (AvgIpc) is 2.71. The van der Waals surface area contributed by atoms with E-state index in [2.05, 4.69) is 36.4 Å². The minimum atomic E-state index is -0.0135. The van der Waals surface area contributed by atoms with E-state index in [0.717, 1.165) is 16.2 Å². The van der Waals surface area contributed by atoms with E-state index >= 15 is 0 Å². The molecule has 0 unspecified atom stereocenters. The SMILES string of the molecule is COc1cc2ccc3cccc4ccc(c1C(=O)c1ccccc1)c2c34. The summed E-state index contributed by atoms with van der Waals surface area (Å²) in [5, 5.41) is 6.73. The number of ketones is 1. The van der Waals surface area contributed by atoms with Crippen LogP contribution in [0.25, 0.3) is 32.3 Å². The van der Waals surface area contributed by atoms with E-state index in [0.29, 0.717) is 16.9 Å². The second-order valence-electron chi connectivity index (χ2n) is 6.51. The van der Waals surface area contributed by atoms with Gasteiger partial charge in [-0.15, -0.1) is 0 Å². The maximum Gasteiger partial charge on any atom is 0.197 e. The third-order valence-electron chi connectivity index (χ3n) is 5.09. The van der Waals surface area contributed by atoms with Gasteiger partial charge in [-0.2, -0.15) is 0 Å². The Labute approximate surface area is 151 Å². The lowest BCUT2D eigenvalue weighted by Crippen LogP contribution is -2.05. The number of carbonyl (C=O) groups excluding carboxylic acids is 1. The zero-order valence-electron chi connectivity index (χ0n) is 14.3. The highest BCUT2D eigenvalue weighted by atomic mass is 16.5. The Morgan fingerprint density at radius 3 is 2.15 bits per heavy atom. The molecule has 124 valence electrons. The van der Waals surface area contributed by atoms with Crippen LogP contribution in [0.2, 0.25) is 0 Å². The first-order valence-corrected chi connectivity index (χ1v) is 8.62. The second kappa shape index (κ2) is 5.57. The molecule has 0 aromatic heterocycles. The van der Waals surface area contributed by atoms with Gasteiger partial charge in [0, 0.05) is 5.56 Å². The van der Waals surface area contributed by atoms with E-state index in [9.17, 15) is 4.79 Å². The van der Waals surface area contributed by atoms with Gasteiger partial charge in [0.15, 0.2) is 5.78 Å². The molecule has 2 nitrogen and oxygen atoms in total. The van der Waals surface area contributed by atoms with E-state index in [-0.39, 0.29) is 5.78 Å². The van der Waals surface area contributed by atoms with Crippen LogP contribution in [-0.4, -0.2) is 12.9 Å². The van der Waals surface area contributed by atoms with Crippen molar-refractivity contribution < 1.29 is 9.53 Å². The lowest BCUT2D eigenvalue weighted by molar-refractivity contribution is 0.103. The monoisotopic (exact) mass is 336 g/mol. The molecular weight excluding hydrogens is 320 g/mol. The Kier molecular flexibility index (Phi) is 3.19. The molecule has 0 fully saturated rings. The molecule has 5 rings (SSSR count). The van der Waals surface area contributed by atoms with Crippen molar-refractivity contribution in [2.75, 3.05) is 7.11 Å². The highest BCUT2D eigenvalue weighted by Gasteiger charge is 2.21. The first kappa shape index (κ1) is 14.9. The van der Waals surface area contributed by atoms with Crippen LogP contribution in [0.1, 0.15) is 15.9 Å². The van der Waals surface area contributed by atoms with Gasteiger partial charge < -0.3 is 4.74 Å². The summed E-state index contributed by atoms with van der Waals surface area (Å²) in [4.78, 5) is 13.3. The first-order valence-electron chi connectivity index (χ1n) is 8.62. The fourth-order valence-corrected chi connectivity index (χ4v) is 3.91. The van der Waals surface area contributed by atoms with E-state index in [1.165, 1.54) is 16.2 Å². The van der Waals surface area contributed by atoms with Crippen molar-refractivity contribution in [1.82, 2.24) is 0 Å². The van der Waals surface area contributed by atoms with Crippen LogP contribution < -0.4 is 4.74 Å². The molecule has 0 bridgehead atoms. The second-order valence-corrected chi connectivity index (χ2v) is 6.51. The molecule has 0 spiro atoms. The van der Waals surface area contributed by atoms with Gasteiger partial charge in [0.1, 0.15) is 5.75 Å². The maximum absolute atomic E-state index is 13.3. The van der Waals surface area contributed by atoms with E-state index < -0.39 is 0 Å². The van der Waals surface area contributed by atoms with Crippen molar-refractivity contribution in [3.05, 3.63) is 90.0 Å². The van der Waals surface area contributed by atoms with Crippen LogP contribution in [0.5, 0.6) is 5.75 Å². The highest BCUT2D eigenvalue weighted by Crippen LogP contribution is 2.40. The molecule has 2 heteroatoms. The van der Waals surface area contributed by atoms with Gasteiger partial charge in [0.25, 0.3) is 0 Å². The molecule has 0 aliphatic carbocycles. The molecular formula is C24H16O2. The van der Waals surface area contributed by atoms with Crippen LogP contribution in [0, 0.1) is 0 Å². The van der Waals surface area contributed by atoms with Crippen molar-refractivity contribution in [3.63, 3.8) is 0 Å². The zero-order valence-corrected chi connectivity index (χ0v) is 14.3. The third-order valence-corrected chi connectivity index (χ3v) is 5.09. The van der Waals surface area contributed by atoms with Crippen LogP contribution in [0.4, 0.5) is 0 Å². The van der Waals surface area contributed by atoms with Gasteiger partial charge in [-0.3, -0.25) is 4.79 Å².